The molecule has 2 atom stereocenters. The third-order valence-corrected chi connectivity index (χ3v) is 7.14. The Morgan fingerprint density at radius 3 is 2.05 bits per heavy atom. The Bertz CT molecular complexity index is 1170. The van der Waals surface area contributed by atoms with Crippen LogP contribution in [0, 0.1) is 0 Å². The number of nitrogens with zero attached hydrogens (tertiary/aromatic N) is 2. The van der Waals surface area contributed by atoms with Crippen molar-refractivity contribution in [2.24, 2.45) is 0 Å². The van der Waals surface area contributed by atoms with Gasteiger partial charge in [0, 0.05) is 18.7 Å². The third kappa shape index (κ3) is 8.01. The number of hydrogen-bond acceptors (Lipinski definition) is 7. The quantitative estimate of drug-likeness (QED) is 0.419. The van der Waals surface area contributed by atoms with Crippen LogP contribution in [0.3, 0.4) is 0 Å². The van der Waals surface area contributed by atoms with Crippen LogP contribution >= 0.6 is 0 Å². The number of ether oxygens (including phenoxy) is 3. The van der Waals surface area contributed by atoms with Crippen LogP contribution in [0.15, 0.2) is 42.5 Å². The van der Waals surface area contributed by atoms with Crippen molar-refractivity contribution in [2.75, 3.05) is 38.4 Å². The fourth-order valence-electron chi connectivity index (χ4n) is 3.56. The first-order valence-corrected chi connectivity index (χ1v) is 13.7. The lowest BCUT2D eigenvalue weighted by Gasteiger charge is -2.32. The summed E-state index contributed by atoms with van der Waals surface area (Å²) in [5, 5.41) is 2.90. The van der Waals surface area contributed by atoms with Crippen molar-refractivity contribution in [3.8, 4) is 17.2 Å². The zero-order chi connectivity index (χ0) is 27.8. The third-order valence-electron chi connectivity index (χ3n) is 6.01. The summed E-state index contributed by atoms with van der Waals surface area (Å²) in [4.78, 5) is 28.1. The van der Waals surface area contributed by atoms with E-state index in [1.165, 1.54) is 25.2 Å². The van der Waals surface area contributed by atoms with Gasteiger partial charge in [0.25, 0.3) is 0 Å². The van der Waals surface area contributed by atoms with Crippen molar-refractivity contribution in [2.45, 2.75) is 45.8 Å². The van der Waals surface area contributed by atoms with E-state index in [-0.39, 0.29) is 29.9 Å². The van der Waals surface area contributed by atoms with Gasteiger partial charge < -0.3 is 24.4 Å². The molecule has 0 bridgehead atoms. The van der Waals surface area contributed by atoms with E-state index in [0.717, 1.165) is 22.5 Å². The normalized spacial score (nSPS) is 12.7. The van der Waals surface area contributed by atoms with E-state index >= 15 is 0 Å². The smallest absolute Gasteiger partial charge is 0.244 e. The highest BCUT2D eigenvalue weighted by Crippen LogP contribution is 2.34. The Balaban J connectivity index is 2.47. The molecule has 11 heteroatoms. The number of amides is 2. The summed E-state index contributed by atoms with van der Waals surface area (Å²) < 4.78 is 42.4. The van der Waals surface area contributed by atoms with E-state index in [0.29, 0.717) is 11.5 Å². The van der Waals surface area contributed by atoms with Crippen LogP contribution in [0.4, 0.5) is 5.69 Å². The molecular weight excluding hydrogens is 498 g/mol. The fraction of sp³-hybridized carbons (Fsp3) is 0.462. The van der Waals surface area contributed by atoms with Gasteiger partial charge in [-0.05, 0) is 50.1 Å². The Hall–Kier alpha value is -3.47. The van der Waals surface area contributed by atoms with E-state index in [1.807, 2.05) is 13.8 Å². The molecule has 0 saturated carbocycles. The lowest BCUT2D eigenvalue weighted by atomic mass is 10.1. The van der Waals surface area contributed by atoms with Crippen LogP contribution in [-0.4, -0.2) is 71.3 Å². The summed E-state index contributed by atoms with van der Waals surface area (Å²) in [6, 6.07) is 10.8. The minimum atomic E-state index is -3.92. The molecule has 0 aliphatic carbocycles. The average molecular weight is 536 g/mol. The molecule has 0 aromatic heterocycles. The summed E-state index contributed by atoms with van der Waals surface area (Å²) in [6.07, 6.45) is 1.73. The summed E-state index contributed by atoms with van der Waals surface area (Å²) in [7, 11) is 0.494. The lowest BCUT2D eigenvalue weighted by Crippen LogP contribution is -2.52. The fourth-order valence-corrected chi connectivity index (χ4v) is 4.41. The van der Waals surface area contributed by atoms with E-state index in [1.54, 1.807) is 50.4 Å². The molecule has 2 aromatic carbocycles. The van der Waals surface area contributed by atoms with Gasteiger partial charge in [-0.1, -0.05) is 19.1 Å². The first-order chi connectivity index (χ1) is 17.4. The predicted molar refractivity (Wildman–Crippen MR) is 143 cm³/mol. The number of methoxy groups -OCH3 is 3. The van der Waals surface area contributed by atoms with Crippen molar-refractivity contribution in [3.05, 3.63) is 48.0 Å². The zero-order valence-corrected chi connectivity index (χ0v) is 23.3. The molecule has 0 saturated heterocycles. The molecule has 2 amide bonds. The Morgan fingerprint density at radius 2 is 1.54 bits per heavy atom. The van der Waals surface area contributed by atoms with E-state index in [4.69, 9.17) is 14.2 Å². The highest BCUT2D eigenvalue weighted by Gasteiger charge is 2.31. The van der Waals surface area contributed by atoms with Gasteiger partial charge in [-0.25, -0.2) is 8.42 Å². The number of carbonyl (C=O) groups is 2. The molecule has 204 valence electrons. The molecule has 0 fully saturated rings. The molecule has 10 nitrogen and oxygen atoms in total. The number of benzene rings is 2. The molecule has 1 N–H and O–H groups in total. The Labute approximate surface area is 219 Å². The van der Waals surface area contributed by atoms with E-state index < -0.39 is 28.5 Å². The average Bonchev–Trinajstić information content (AvgIpc) is 2.88. The summed E-state index contributed by atoms with van der Waals surface area (Å²) in [5.41, 5.74) is 0.904. The summed E-state index contributed by atoms with van der Waals surface area (Å²) in [6.45, 7) is 4.99. The number of carbonyl (C=O) groups excluding carboxylic acids is 2. The maximum absolute atomic E-state index is 13.7. The molecule has 37 heavy (non-hydrogen) atoms. The maximum atomic E-state index is 13.7. The van der Waals surface area contributed by atoms with Gasteiger partial charge >= 0.3 is 0 Å². The van der Waals surface area contributed by atoms with Crippen LogP contribution in [0.1, 0.15) is 32.8 Å². The molecule has 2 aromatic rings. The topological polar surface area (TPSA) is 114 Å². The van der Waals surface area contributed by atoms with Crippen molar-refractivity contribution < 1.29 is 32.2 Å². The van der Waals surface area contributed by atoms with Crippen LogP contribution in [0.25, 0.3) is 0 Å². The van der Waals surface area contributed by atoms with Crippen LogP contribution in [0.5, 0.6) is 17.2 Å². The minimum Gasteiger partial charge on any atom is -0.497 e. The first kappa shape index (κ1) is 29.8. The monoisotopic (exact) mass is 535 g/mol. The second-order valence-corrected chi connectivity index (χ2v) is 10.6. The van der Waals surface area contributed by atoms with Gasteiger partial charge in [0.15, 0.2) is 0 Å². The van der Waals surface area contributed by atoms with Gasteiger partial charge in [-0.15, -0.1) is 0 Å². The van der Waals surface area contributed by atoms with E-state index in [9.17, 15) is 18.0 Å². The van der Waals surface area contributed by atoms with Crippen LogP contribution < -0.4 is 23.8 Å². The molecule has 0 radical (unpaired) electrons. The summed E-state index contributed by atoms with van der Waals surface area (Å²) >= 11 is 0. The Morgan fingerprint density at radius 1 is 0.946 bits per heavy atom. The number of rotatable bonds is 13. The van der Waals surface area contributed by atoms with Crippen molar-refractivity contribution in [1.29, 1.82) is 0 Å². The van der Waals surface area contributed by atoms with Gasteiger partial charge in [-0.2, -0.15) is 0 Å². The maximum Gasteiger partial charge on any atom is 0.244 e. The molecule has 2 rings (SSSR count). The van der Waals surface area contributed by atoms with Crippen molar-refractivity contribution >= 4 is 27.5 Å². The number of sulfonamides is 1. The zero-order valence-electron chi connectivity index (χ0n) is 22.5. The second kappa shape index (κ2) is 13.2. The highest BCUT2D eigenvalue weighted by atomic mass is 32.2. The largest absolute Gasteiger partial charge is 0.497 e. The highest BCUT2D eigenvalue weighted by molar-refractivity contribution is 7.92. The number of nitrogens with one attached hydrogen (secondary N) is 1. The second-order valence-electron chi connectivity index (χ2n) is 8.67. The van der Waals surface area contributed by atoms with Crippen molar-refractivity contribution in [1.82, 2.24) is 10.2 Å². The summed E-state index contributed by atoms with van der Waals surface area (Å²) in [5.74, 6) is 0.410. The lowest BCUT2D eigenvalue weighted by molar-refractivity contribution is -0.139. The molecule has 0 heterocycles. The standard InChI is InChI=1S/C26H37N3O7S/c1-8-18(2)27-26(31)19(3)28(16-20-9-11-21(34-4)12-10-20)25(30)17-29(37(7,32)33)23-15-22(35-5)13-14-24(23)36-6/h9-15,18-19H,8,16-17H2,1-7H3,(H,27,31). The van der Waals surface area contributed by atoms with Crippen LogP contribution in [0.2, 0.25) is 0 Å². The predicted octanol–water partition coefficient (Wildman–Crippen LogP) is 2.81. The Kier molecular flexibility index (Phi) is 10.6. The van der Waals surface area contributed by atoms with Gasteiger partial charge in [-0.3, -0.25) is 13.9 Å². The van der Waals surface area contributed by atoms with Crippen molar-refractivity contribution in [3.63, 3.8) is 0 Å². The molecule has 0 aliphatic heterocycles. The SMILES string of the molecule is CCC(C)NC(=O)C(C)N(Cc1ccc(OC)cc1)C(=O)CN(c1cc(OC)ccc1OC)S(C)(=O)=O. The molecule has 0 spiro atoms. The van der Waals surface area contributed by atoms with Crippen LogP contribution in [-0.2, 0) is 26.2 Å². The van der Waals surface area contributed by atoms with Gasteiger partial charge in [0.1, 0.15) is 29.8 Å². The molecular formula is C26H37N3O7S. The van der Waals surface area contributed by atoms with Gasteiger partial charge in [0.05, 0.1) is 33.3 Å². The number of anilines is 1. The first-order valence-electron chi connectivity index (χ1n) is 11.9. The minimum absolute atomic E-state index is 0.0820. The van der Waals surface area contributed by atoms with E-state index in [2.05, 4.69) is 5.32 Å². The van der Waals surface area contributed by atoms with Gasteiger partial charge in [0.2, 0.25) is 21.8 Å². The molecule has 2 unspecified atom stereocenters. The number of hydrogen-bond donors (Lipinski definition) is 1. The molecule has 0 aliphatic rings.